The topological polar surface area (TPSA) is 81.4 Å². The van der Waals surface area contributed by atoms with Crippen molar-refractivity contribution in [1.82, 2.24) is 5.32 Å². The Labute approximate surface area is 138 Å². The lowest BCUT2D eigenvalue weighted by Crippen LogP contribution is -2.46. The first-order valence-electron chi connectivity index (χ1n) is 7.70. The van der Waals surface area contributed by atoms with E-state index in [-0.39, 0.29) is 10.2 Å². The Bertz CT molecular complexity index is 431. The van der Waals surface area contributed by atoms with Crippen LogP contribution < -0.4 is 11.1 Å². The van der Waals surface area contributed by atoms with E-state index in [0.717, 1.165) is 12.2 Å². The molecule has 0 saturated carbocycles. The van der Waals surface area contributed by atoms with Crippen molar-refractivity contribution < 1.29 is 14.3 Å². The van der Waals surface area contributed by atoms with Crippen molar-refractivity contribution in [1.29, 1.82) is 0 Å². The zero-order valence-electron chi connectivity index (χ0n) is 14.8. The molecule has 1 unspecified atom stereocenters. The summed E-state index contributed by atoms with van der Waals surface area (Å²) in [5.41, 5.74) is 4.73. The van der Waals surface area contributed by atoms with Crippen LogP contribution >= 0.6 is 11.8 Å². The first-order chi connectivity index (χ1) is 9.77. The van der Waals surface area contributed by atoms with Crippen LogP contribution in [0.5, 0.6) is 0 Å². The summed E-state index contributed by atoms with van der Waals surface area (Å²) in [5.74, 6) is 0.955. The summed E-state index contributed by atoms with van der Waals surface area (Å²) in [6.07, 6.45) is 0.177. The minimum absolute atomic E-state index is 0.154. The number of ether oxygens (including phenoxy) is 1. The molecular formula is C16H30N2O3S. The molecule has 1 heterocycles. The molecule has 2 amide bonds. The fourth-order valence-corrected chi connectivity index (χ4v) is 4.65. The highest BCUT2D eigenvalue weighted by Crippen LogP contribution is 2.55. The summed E-state index contributed by atoms with van der Waals surface area (Å²) in [4.78, 5) is 22.9. The monoisotopic (exact) mass is 330 g/mol. The second kappa shape index (κ2) is 6.30. The molecule has 0 aliphatic carbocycles. The number of primary amides is 1. The van der Waals surface area contributed by atoms with Crippen LogP contribution in [0, 0.1) is 11.3 Å². The summed E-state index contributed by atoms with van der Waals surface area (Å²) < 4.78 is 5.69. The van der Waals surface area contributed by atoms with Gasteiger partial charge in [0.05, 0.1) is 0 Å². The number of hydrogen-bond acceptors (Lipinski definition) is 4. The van der Waals surface area contributed by atoms with Gasteiger partial charge in [0.1, 0.15) is 11.6 Å². The summed E-state index contributed by atoms with van der Waals surface area (Å²) in [6.45, 7) is 14.4. The normalized spacial score (nSPS) is 24.6. The second-order valence-corrected chi connectivity index (χ2v) is 9.68. The number of hydrogen-bond donors (Lipinski definition) is 2. The van der Waals surface area contributed by atoms with Crippen LogP contribution in [0.15, 0.2) is 0 Å². The molecule has 0 radical (unpaired) electrons. The Balaban J connectivity index is 2.70. The summed E-state index contributed by atoms with van der Waals surface area (Å²) in [5, 5.41) is 2.46. The molecule has 1 saturated heterocycles. The van der Waals surface area contributed by atoms with Crippen molar-refractivity contribution in [3.05, 3.63) is 0 Å². The van der Waals surface area contributed by atoms with Crippen molar-refractivity contribution in [3.8, 4) is 0 Å². The maximum atomic E-state index is 11.9. The minimum Gasteiger partial charge on any atom is -0.444 e. The minimum atomic E-state index is -0.738. The lowest BCUT2D eigenvalue weighted by atomic mass is 9.69. The zero-order valence-corrected chi connectivity index (χ0v) is 15.6. The van der Waals surface area contributed by atoms with E-state index in [9.17, 15) is 9.59 Å². The third-order valence-electron chi connectivity index (χ3n) is 4.42. The zero-order chi connectivity index (χ0) is 17.3. The first kappa shape index (κ1) is 19.1. The summed E-state index contributed by atoms with van der Waals surface area (Å²) in [7, 11) is 0. The molecule has 128 valence electrons. The number of nitrogens with two attached hydrogens (primary N) is 1. The molecule has 0 aromatic carbocycles. The highest BCUT2D eigenvalue weighted by molar-refractivity contribution is 8.00. The first-order valence-corrected chi connectivity index (χ1v) is 8.68. The molecule has 1 fully saturated rings. The van der Waals surface area contributed by atoms with E-state index in [1.165, 1.54) is 6.92 Å². The van der Waals surface area contributed by atoms with Crippen molar-refractivity contribution in [2.75, 3.05) is 5.75 Å². The lowest BCUT2D eigenvalue weighted by Gasteiger charge is -2.39. The van der Waals surface area contributed by atoms with Gasteiger partial charge in [-0.3, -0.25) is 4.79 Å². The number of alkyl carbamates (subject to hydrolysis) is 1. The molecule has 2 atom stereocenters. The van der Waals surface area contributed by atoms with Gasteiger partial charge < -0.3 is 15.8 Å². The van der Waals surface area contributed by atoms with Gasteiger partial charge in [0.2, 0.25) is 5.91 Å². The van der Waals surface area contributed by atoms with Crippen LogP contribution in [0.4, 0.5) is 4.79 Å². The van der Waals surface area contributed by atoms with E-state index < -0.39 is 23.6 Å². The average Bonchev–Trinajstić information content (AvgIpc) is 2.51. The Kier molecular flexibility index (Phi) is 5.48. The number of amides is 2. The number of carbonyl (C=O) groups excluding carboxylic acids is 2. The highest BCUT2D eigenvalue weighted by Gasteiger charge is 2.50. The van der Waals surface area contributed by atoms with Crippen molar-refractivity contribution in [3.63, 3.8) is 0 Å². The second-order valence-electron chi connectivity index (χ2n) is 8.06. The number of carbonyl (C=O) groups is 2. The van der Waals surface area contributed by atoms with Gasteiger partial charge in [-0.1, -0.05) is 27.7 Å². The van der Waals surface area contributed by atoms with Crippen LogP contribution in [-0.4, -0.2) is 34.1 Å². The van der Waals surface area contributed by atoms with E-state index in [4.69, 9.17) is 10.5 Å². The van der Waals surface area contributed by atoms with E-state index in [2.05, 4.69) is 33.0 Å². The molecule has 3 N–H and O–H groups in total. The Morgan fingerprint density at radius 2 is 1.91 bits per heavy atom. The fraction of sp³-hybridized carbons (Fsp3) is 0.875. The maximum absolute atomic E-state index is 11.9. The van der Waals surface area contributed by atoms with Gasteiger partial charge in [-0.2, -0.15) is 11.8 Å². The molecular weight excluding hydrogens is 300 g/mol. The van der Waals surface area contributed by atoms with E-state index >= 15 is 0 Å². The Morgan fingerprint density at radius 3 is 2.32 bits per heavy atom. The van der Waals surface area contributed by atoms with Crippen LogP contribution in [0.2, 0.25) is 0 Å². The number of nitrogens with one attached hydrogen (secondary N) is 1. The van der Waals surface area contributed by atoms with E-state index in [0.29, 0.717) is 5.92 Å². The van der Waals surface area contributed by atoms with Crippen LogP contribution in [0.1, 0.15) is 54.9 Å². The van der Waals surface area contributed by atoms with Crippen LogP contribution in [0.3, 0.4) is 0 Å². The Morgan fingerprint density at radius 1 is 1.36 bits per heavy atom. The molecule has 1 aliphatic rings. The quantitative estimate of drug-likeness (QED) is 0.812. The van der Waals surface area contributed by atoms with Crippen molar-refractivity contribution in [2.45, 2.75) is 71.3 Å². The molecule has 0 aromatic heterocycles. The molecule has 6 heteroatoms. The lowest BCUT2D eigenvalue weighted by molar-refractivity contribution is -0.119. The van der Waals surface area contributed by atoms with Crippen molar-refractivity contribution in [2.24, 2.45) is 17.1 Å². The van der Waals surface area contributed by atoms with Gasteiger partial charge in [0.15, 0.2) is 0 Å². The Hall–Kier alpha value is -0.910. The summed E-state index contributed by atoms with van der Waals surface area (Å²) >= 11 is 1.97. The molecule has 1 aliphatic heterocycles. The van der Waals surface area contributed by atoms with Gasteiger partial charge in [-0.25, -0.2) is 4.79 Å². The third kappa shape index (κ3) is 4.80. The van der Waals surface area contributed by atoms with Crippen LogP contribution in [-0.2, 0) is 9.53 Å². The largest absolute Gasteiger partial charge is 0.444 e. The molecule has 0 spiro atoms. The summed E-state index contributed by atoms with van der Waals surface area (Å²) in [6, 6.07) is -0.738. The van der Waals surface area contributed by atoms with E-state index in [1.807, 2.05) is 25.6 Å². The molecule has 0 bridgehead atoms. The van der Waals surface area contributed by atoms with Crippen molar-refractivity contribution >= 4 is 23.8 Å². The molecule has 5 nitrogen and oxygen atoms in total. The maximum Gasteiger partial charge on any atom is 0.408 e. The van der Waals surface area contributed by atoms with E-state index in [1.54, 1.807) is 0 Å². The molecule has 1 rings (SSSR count). The van der Waals surface area contributed by atoms with Crippen LogP contribution in [0.25, 0.3) is 0 Å². The SMILES string of the molecule is C[C@@H](NC(=O)OC(C)(C)CC1C(C)(C)CSC1(C)C)C(N)=O. The highest BCUT2D eigenvalue weighted by atomic mass is 32.2. The average molecular weight is 330 g/mol. The predicted octanol–water partition coefficient (Wildman–Crippen LogP) is 2.92. The predicted molar refractivity (Wildman–Crippen MR) is 90.8 cm³/mol. The van der Waals surface area contributed by atoms with Gasteiger partial charge >= 0.3 is 6.09 Å². The van der Waals surface area contributed by atoms with Gasteiger partial charge in [0.25, 0.3) is 0 Å². The standard InChI is InChI=1S/C16H30N2O3S/c1-10(12(17)19)18-13(20)21-15(4,5)8-11-14(2,3)9-22-16(11,6)7/h10-11H,8-9H2,1-7H3,(H2,17,19)(H,18,20)/t10-,11?/m1/s1. The third-order valence-corrected chi connectivity index (χ3v) is 6.34. The smallest absolute Gasteiger partial charge is 0.408 e. The van der Waals surface area contributed by atoms with Gasteiger partial charge in [-0.05, 0) is 44.3 Å². The molecule has 0 aromatic rings. The van der Waals surface area contributed by atoms with Gasteiger partial charge in [0, 0.05) is 4.75 Å². The fourth-order valence-electron chi connectivity index (χ4n) is 3.10. The number of thioether (sulfide) groups is 1. The van der Waals surface area contributed by atoms with Gasteiger partial charge in [-0.15, -0.1) is 0 Å². The number of rotatable bonds is 5. The molecule has 22 heavy (non-hydrogen) atoms.